The second-order valence-electron chi connectivity index (χ2n) is 6.31. The van der Waals surface area contributed by atoms with E-state index in [0.717, 1.165) is 34.4 Å². The Morgan fingerprint density at radius 2 is 1.96 bits per heavy atom. The van der Waals surface area contributed by atoms with Crippen LogP contribution < -0.4 is 5.32 Å². The molecule has 6 nitrogen and oxygen atoms in total. The van der Waals surface area contributed by atoms with Gasteiger partial charge in [-0.05, 0) is 60.9 Å². The molecule has 1 N–H and O–H groups in total. The van der Waals surface area contributed by atoms with E-state index >= 15 is 0 Å². The smallest absolute Gasteiger partial charge is 0.255 e. The zero-order valence-corrected chi connectivity index (χ0v) is 15.2. The van der Waals surface area contributed by atoms with E-state index in [-0.39, 0.29) is 5.91 Å². The molecule has 0 bridgehead atoms. The first-order valence-corrected chi connectivity index (χ1v) is 8.84. The monoisotopic (exact) mass is 357 g/mol. The molecular formula is C21H19N5O. The van der Waals surface area contributed by atoms with Gasteiger partial charge in [0.15, 0.2) is 5.65 Å². The van der Waals surface area contributed by atoms with Crippen LogP contribution in [0.4, 0.5) is 5.69 Å². The summed E-state index contributed by atoms with van der Waals surface area (Å²) >= 11 is 0. The summed E-state index contributed by atoms with van der Waals surface area (Å²) < 4.78 is 1.69. The Balaban J connectivity index is 1.64. The van der Waals surface area contributed by atoms with Crippen molar-refractivity contribution in [1.82, 2.24) is 20.0 Å². The van der Waals surface area contributed by atoms with Crippen LogP contribution in [0, 0.1) is 6.92 Å². The Morgan fingerprint density at radius 1 is 1.11 bits per heavy atom. The van der Waals surface area contributed by atoms with Crippen LogP contribution in [0.25, 0.3) is 16.9 Å². The molecule has 27 heavy (non-hydrogen) atoms. The second kappa shape index (κ2) is 6.99. The minimum Gasteiger partial charge on any atom is -0.322 e. The van der Waals surface area contributed by atoms with Crippen LogP contribution in [-0.4, -0.2) is 25.9 Å². The molecule has 0 spiro atoms. The average Bonchev–Trinajstić information content (AvgIpc) is 3.12. The van der Waals surface area contributed by atoms with Gasteiger partial charge in [0.25, 0.3) is 5.91 Å². The highest BCUT2D eigenvalue weighted by Crippen LogP contribution is 2.21. The van der Waals surface area contributed by atoms with E-state index < -0.39 is 0 Å². The third-order valence-corrected chi connectivity index (χ3v) is 4.54. The molecule has 4 rings (SSSR count). The lowest BCUT2D eigenvalue weighted by atomic mass is 10.1. The van der Waals surface area contributed by atoms with Gasteiger partial charge in [0.1, 0.15) is 5.52 Å². The molecule has 134 valence electrons. The molecule has 0 aliphatic rings. The fraction of sp³-hybridized carbons (Fsp3) is 0.143. The average molecular weight is 357 g/mol. The van der Waals surface area contributed by atoms with E-state index in [0.29, 0.717) is 11.2 Å². The third kappa shape index (κ3) is 3.17. The van der Waals surface area contributed by atoms with Gasteiger partial charge in [-0.15, -0.1) is 5.10 Å². The van der Waals surface area contributed by atoms with Crippen molar-refractivity contribution in [1.29, 1.82) is 0 Å². The van der Waals surface area contributed by atoms with Crippen LogP contribution in [0.3, 0.4) is 0 Å². The largest absolute Gasteiger partial charge is 0.322 e. The van der Waals surface area contributed by atoms with E-state index in [1.165, 1.54) is 0 Å². The highest BCUT2D eigenvalue weighted by Gasteiger charge is 2.13. The van der Waals surface area contributed by atoms with Crippen LogP contribution in [0.5, 0.6) is 0 Å². The molecule has 0 saturated carbocycles. The molecule has 0 aliphatic heterocycles. The van der Waals surface area contributed by atoms with Crippen molar-refractivity contribution in [2.45, 2.75) is 20.3 Å². The van der Waals surface area contributed by atoms with Crippen molar-refractivity contribution in [3.05, 3.63) is 77.5 Å². The Kier molecular flexibility index (Phi) is 4.38. The summed E-state index contributed by atoms with van der Waals surface area (Å²) in [6, 6.07) is 17.1. The summed E-state index contributed by atoms with van der Waals surface area (Å²) in [5, 5.41) is 11.3. The van der Waals surface area contributed by atoms with Crippen LogP contribution in [-0.2, 0) is 6.42 Å². The maximum Gasteiger partial charge on any atom is 0.255 e. The normalized spacial score (nSPS) is 10.9. The molecule has 0 atom stereocenters. The topological polar surface area (TPSA) is 72.7 Å². The zero-order valence-electron chi connectivity index (χ0n) is 15.2. The van der Waals surface area contributed by atoms with Crippen molar-refractivity contribution in [2.75, 3.05) is 5.32 Å². The molecule has 0 aliphatic carbocycles. The maximum atomic E-state index is 12.7. The summed E-state index contributed by atoms with van der Waals surface area (Å²) in [7, 11) is 0. The Morgan fingerprint density at radius 3 is 2.78 bits per heavy atom. The Hall–Kier alpha value is -3.54. The second-order valence-corrected chi connectivity index (χ2v) is 6.31. The van der Waals surface area contributed by atoms with Gasteiger partial charge in [0.05, 0.1) is 5.69 Å². The fourth-order valence-electron chi connectivity index (χ4n) is 3.11. The number of fused-ring (bicyclic) bond motifs is 1. The third-order valence-electron chi connectivity index (χ3n) is 4.54. The molecule has 4 aromatic rings. The van der Waals surface area contributed by atoms with Gasteiger partial charge >= 0.3 is 0 Å². The standard InChI is InChI=1S/C21H19N5O/c1-3-15-7-4-5-8-17(15)23-21(27)16-10-11-19(14(2)13-16)26-20-18(24-25-26)9-6-12-22-20/h4-13H,3H2,1-2H3,(H,23,27). The van der Waals surface area contributed by atoms with Gasteiger partial charge in [-0.3, -0.25) is 4.79 Å². The number of amides is 1. The van der Waals surface area contributed by atoms with Crippen molar-refractivity contribution >= 4 is 22.8 Å². The lowest BCUT2D eigenvalue weighted by Gasteiger charge is -2.11. The molecule has 2 aromatic heterocycles. The van der Waals surface area contributed by atoms with E-state index in [4.69, 9.17) is 0 Å². The van der Waals surface area contributed by atoms with Crippen molar-refractivity contribution in [2.24, 2.45) is 0 Å². The molecule has 0 radical (unpaired) electrons. The van der Waals surface area contributed by atoms with E-state index in [1.807, 2.05) is 55.5 Å². The Labute approximate surface area is 156 Å². The van der Waals surface area contributed by atoms with E-state index in [9.17, 15) is 4.79 Å². The number of carbonyl (C=O) groups excluding carboxylic acids is 1. The molecular weight excluding hydrogens is 338 g/mol. The van der Waals surface area contributed by atoms with Crippen LogP contribution in [0.1, 0.15) is 28.4 Å². The highest BCUT2D eigenvalue weighted by atomic mass is 16.1. The molecule has 2 heterocycles. The predicted octanol–water partition coefficient (Wildman–Crippen LogP) is 3.94. The quantitative estimate of drug-likeness (QED) is 0.600. The highest BCUT2D eigenvalue weighted by molar-refractivity contribution is 6.05. The molecule has 1 amide bonds. The number of nitrogens with zero attached hydrogens (tertiary/aromatic N) is 4. The van der Waals surface area contributed by atoms with Crippen LogP contribution in [0.2, 0.25) is 0 Å². The minimum absolute atomic E-state index is 0.132. The number of para-hydroxylation sites is 1. The van der Waals surface area contributed by atoms with E-state index in [2.05, 4.69) is 27.5 Å². The number of nitrogens with one attached hydrogen (secondary N) is 1. The number of carbonyl (C=O) groups is 1. The number of pyridine rings is 1. The van der Waals surface area contributed by atoms with Gasteiger partial charge in [-0.25, -0.2) is 4.98 Å². The molecule has 0 saturated heterocycles. The first kappa shape index (κ1) is 16.9. The van der Waals surface area contributed by atoms with Gasteiger partial charge in [0, 0.05) is 17.4 Å². The number of hydrogen-bond acceptors (Lipinski definition) is 4. The SMILES string of the molecule is CCc1ccccc1NC(=O)c1ccc(-n2nnc3cccnc32)c(C)c1. The van der Waals surface area contributed by atoms with Crippen molar-refractivity contribution in [3.63, 3.8) is 0 Å². The number of aryl methyl sites for hydroxylation is 2. The number of benzene rings is 2. The van der Waals surface area contributed by atoms with Gasteiger partial charge < -0.3 is 5.32 Å². The molecule has 6 heteroatoms. The van der Waals surface area contributed by atoms with E-state index in [1.54, 1.807) is 16.9 Å². The van der Waals surface area contributed by atoms with Gasteiger partial charge in [-0.1, -0.05) is 30.3 Å². The molecule has 2 aromatic carbocycles. The predicted molar refractivity (Wildman–Crippen MR) is 105 cm³/mol. The summed E-state index contributed by atoms with van der Waals surface area (Å²) in [4.78, 5) is 17.0. The molecule has 0 fully saturated rings. The van der Waals surface area contributed by atoms with Crippen LogP contribution >= 0.6 is 0 Å². The Bertz CT molecular complexity index is 1130. The summed E-state index contributed by atoms with van der Waals surface area (Å²) in [5.41, 5.74) is 5.74. The number of rotatable bonds is 4. The number of hydrogen-bond donors (Lipinski definition) is 1. The van der Waals surface area contributed by atoms with Gasteiger partial charge in [-0.2, -0.15) is 4.68 Å². The lowest BCUT2D eigenvalue weighted by molar-refractivity contribution is 0.102. The first-order chi connectivity index (χ1) is 13.2. The first-order valence-electron chi connectivity index (χ1n) is 8.84. The summed E-state index contributed by atoms with van der Waals surface area (Å²) in [5.74, 6) is -0.132. The van der Waals surface area contributed by atoms with Crippen LogP contribution in [0.15, 0.2) is 60.8 Å². The summed E-state index contributed by atoms with van der Waals surface area (Å²) in [6.45, 7) is 4.02. The lowest BCUT2D eigenvalue weighted by Crippen LogP contribution is -2.14. The minimum atomic E-state index is -0.132. The maximum absolute atomic E-state index is 12.7. The molecule has 0 unspecified atom stereocenters. The van der Waals surface area contributed by atoms with Crippen molar-refractivity contribution < 1.29 is 4.79 Å². The van der Waals surface area contributed by atoms with Gasteiger partial charge in [0.2, 0.25) is 0 Å². The van der Waals surface area contributed by atoms with Crippen molar-refractivity contribution in [3.8, 4) is 5.69 Å². The summed E-state index contributed by atoms with van der Waals surface area (Å²) in [6.07, 6.45) is 2.57. The zero-order chi connectivity index (χ0) is 18.8. The number of anilines is 1. The fourth-order valence-corrected chi connectivity index (χ4v) is 3.11. The number of aromatic nitrogens is 4.